The fraction of sp³-hybridized carbons (Fsp3) is 0.217. The van der Waals surface area contributed by atoms with Crippen LogP contribution in [-0.4, -0.2) is 30.8 Å². The van der Waals surface area contributed by atoms with E-state index in [9.17, 15) is 9.59 Å². The Morgan fingerprint density at radius 1 is 1.12 bits per heavy atom. The van der Waals surface area contributed by atoms with Crippen LogP contribution in [0.25, 0.3) is 0 Å². The van der Waals surface area contributed by atoms with Crippen LogP contribution in [0.1, 0.15) is 5.69 Å². The fourth-order valence-corrected chi connectivity index (χ4v) is 4.20. The monoisotopic (exact) mass is 472 g/mol. The lowest BCUT2D eigenvalue weighted by Gasteiger charge is -2.19. The maximum Gasteiger partial charge on any atom is 0.244 e. The molecule has 2 heterocycles. The number of fused-ring (bicyclic) bond motifs is 1. The van der Waals surface area contributed by atoms with Gasteiger partial charge in [-0.05, 0) is 36.4 Å². The molecular weight excluding hydrogens is 452 g/mol. The lowest BCUT2D eigenvalue weighted by atomic mass is 10.2. The molecule has 9 heteroatoms. The van der Waals surface area contributed by atoms with E-state index in [1.165, 1.54) is 13.2 Å². The first kappa shape index (κ1) is 22.1. The maximum absolute atomic E-state index is 12.8. The van der Waals surface area contributed by atoms with E-state index in [1.54, 1.807) is 40.7 Å². The molecule has 1 N–H and O–H groups in total. The smallest absolute Gasteiger partial charge is 0.244 e. The van der Waals surface area contributed by atoms with Crippen molar-refractivity contribution in [1.82, 2.24) is 4.57 Å². The van der Waals surface area contributed by atoms with Crippen LogP contribution in [0.4, 0.5) is 5.69 Å². The van der Waals surface area contributed by atoms with E-state index in [1.807, 2.05) is 24.3 Å². The Balaban J connectivity index is 1.50. The highest BCUT2D eigenvalue weighted by Gasteiger charge is 2.15. The number of rotatable bonds is 7. The van der Waals surface area contributed by atoms with E-state index in [2.05, 4.69) is 5.32 Å². The number of aromatic nitrogens is 1. The van der Waals surface area contributed by atoms with Gasteiger partial charge < -0.3 is 24.1 Å². The molecule has 166 valence electrons. The van der Waals surface area contributed by atoms with Crippen LogP contribution in [0.3, 0.4) is 0 Å². The van der Waals surface area contributed by atoms with Crippen molar-refractivity contribution in [3.05, 3.63) is 75.7 Å². The summed E-state index contributed by atoms with van der Waals surface area (Å²) in [6.07, 6.45) is 1.56. The number of hydrogen-bond donors (Lipinski definition) is 1. The third kappa shape index (κ3) is 5.38. The van der Waals surface area contributed by atoms with Gasteiger partial charge in [-0.15, -0.1) is 11.8 Å². The minimum atomic E-state index is -0.245. The molecule has 0 unspecified atom stereocenters. The number of pyridine rings is 1. The normalized spacial score (nSPS) is 12.3. The number of ether oxygens (including phenoxy) is 3. The molecule has 0 saturated carbocycles. The summed E-state index contributed by atoms with van der Waals surface area (Å²) in [5.74, 6) is 1.68. The lowest BCUT2D eigenvalue weighted by Crippen LogP contribution is -2.23. The van der Waals surface area contributed by atoms with Gasteiger partial charge in [0.2, 0.25) is 11.3 Å². The van der Waals surface area contributed by atoms with Gasteiger partial charge in [0.05, 0.1) is 13.3 Å². The third-order valence-electron chi connectivity index (χ3n) is 4.74. The maximum atomic E-state index is 12.8. The predicted octanol–water partition coefficient (Wildman–Crippen LogP) is 4.21. The van der Waals surface area contributed by atoms with E-state index >= 15 is 0 Å². The van der Waals surface area contributed by atoms with Gasteiger partial charge in [0, 0.05) is 39.2 Å². The van der Waals surface area contributed by atoms with Crippen LogP contribution in [0, 0.1) is 0 Å². The van der Waals surface area contributed by atoms with Crippen molar-refractivity contribution in [1.29, 1.82) is 0 Å². The molecule has 2 aromatic carbocycles. The van der Waals surface area contributed by atoms with Crippen LogP contribution in [0.15, 0.2) is 64.4 Å². The van der Waals surface area contributed by atoms with Crippen molar-refractivity contribution in [3.63, 3.8) is 0 Å². The van der Waals surface area contributed by atoms with E-state index < -0.39 is 0 Å². The molecule has 0 atom stereocenters. The van der Waals surface area contributed by atoms with Gasteiger partial charge in [0.15, 0.2) is 17.2 Å². The van der Waals surface area contributed by atoms with Crippen molar-refractivity contribution >= 4 is 35.0 Å². The van der Waals surface area contributed by atoms with Gasteiger partial charge >= 0.3 is 0 Å². The average Bonchev–Trinajstić information content (AvgIpc) is 2.80. The lowest BCUT2D eigenvalue weighted by molar-refractivity contribution is -0.116. The molecule has 0 fully saturated rings. The summed E-state index contributed by atoms with van der Waals surface area (Å²) < 4.78 is 18.0. The van der Waals surface area contributed by atoms with Crippen LogP contribution in [0.5, 0.6) is 17.2 Å². The Morgan fingerprint density at radius 3 is 2.62 bits per heavy atom. The fourth-order valence-electron chi connectivity index (χ4n) is 3.18. The van der Waals surface area contributed by atoms with Crippen LogP contribution in [0.2, 0.25) is 5.02 Å². The molecule has 0 aliphatic carbocycles. The van der Waals surface area contributed by atoms with Crippen molar-refractivity contribution in [2.24, 2.45) is 0 Å². The molecule has 1 aliphatic heterocycles. The highest BCUT2D eigenvalue weighted by atomic mass is 35.5. The Labute approximate surface area is 194 Å². The average molecular weight is 473 g/mol. The van der Waals surface area contributed by atoms with Crippen LogP contribution >= 0.6 is 23.4 Å². The summed E-state index contributed by atoms with van der Waals surface area (Å²) in [5.41, 5.74) is 1.07. The number of carbonyl (C=O) groups excluding carboxylic acids is 1. The number of nitrogens with one attached hydrogen (secondary N) is 1. The molecule has 3 aromatic rings. The number of nitrogens with zero attached hydrogens (tertiary/aromatic N) is 1. The van der Waals surface area contributed by atoms with E-state index in [0.717, 1.165) is 4.90 Å². The van der Waals surface area contributed by atoms with Crippen molar-refractivity contribution in [2.45, 2.75) is 17.2 Å². The van der Waals surface area contributed by atoms with Crippen LogP contribution in [-0.2, 0) is 17.1 Å². The minimum absolute atomic E-state index is 0.0155. The number of carbonyl (C=O) groups is 1. The van der Waals surface area contributed by atoms with Gasteiger partial charge in [-0.2, -0.15) is 0 Å². The Hall–Kier alpha value is -3.10. The number of hydrogen-bond acceptors (Lipinski definition) is 6. The highest BCUT2D eigenvalue weighted by Crippen LogP contribution is 2.32. The number of halogens is 1. The summed E-state index contributed by atoms with van der Waals surface area (Å²) in [5, 5.41) is 3.52. The van der Waals surface area contributed by atoms with Gasteiger partial charge in [0.1, 0.15) is 19.8 Å². The summed E-state index contributed by atoms with van der Waals surface area (Å²) >= 11 is 7.49. The zero-order chi connectivity index (χ0) is 22.5. The van der Waals surface area contributed by atoms with E-state index in [4.69, 9.17) is 25.8 Å². The summed E-state index contributed by atoms with van der Waals surface area (Å²) in [6, 6.07) is 14.2. The topological polar surface area (TPSA) is 78.8 Å². The quantitative estimate of drug-likeness (QED) is 0.519. The molecular formula is C23H21ClN2O5S. The van der Waals surface area contributed by atoms with Gasteiger partial charge in [0.25, 0.3) is 0 Å². The number of anilines is 1. The number of thioether (sulfide) groups is 1. The SMILES string of the molecule is COc1cn(CC(=O)Nc2ccc3c(c2)OCCO3)c(CSc2ccc(Cl)cc2)cc1=O. The Bertz CT molecular complexity index is 1180. The standard InChI is InChI=1S/C23H21ClN2O5S/c1-29-22-12-26(17(11-19(22)27)14-32-18-5-2-15(24)3-6-18)13-23(28)25-16-4-7-20-21(10-16)31-9-8-30-20/h2-7,10-12H,8-9,13-14H2,1H3,(H,25,28). The third-order valence-corrected chi connectivity index (χ3v) is 6.04. The first-order chi connectivity index (χ1) is 15.5. The van der Waals surface area contributed by atoms with Crippen molar-refractivity contribution < 1.29 is 19.0 Å². The summed E-state index contributed by atoms with van der Waals surface area (Å²) in [7, 11) is 1.43. The molecule has 0 spiro atoms. The zero-order valence-corrected chi connectivity index (χ0v) is 18.9. The molecule has 1 aliphatic rings. The first-order valence-electron chi connectivity index (χ1n) is 9.87. The summed E-state index contributed by atoms with van der Waals surface area (Å²) in [6.45, 7) is 0.988. The van der Waals surface area contributed by atoms with Gasteiger partial charge in [-0.3, -0.25) is 9.59 Å². The van der Waals surface area contributed by atoms with Gasteiger partial charge in [-0.25, -0.2) is 0 Å². The molecule has 0 bridgehead atoms. The second-order valence-electron chi connectivity index (χ2n) is 6.97. The molecule has 32 heavy (non-hydrogen) atoms. The molecule has 1 amide bonds. The minimum Gasteiger partial charge on any atom is -0.491 e. The molecule has 1 aromatic heterocycles. The van der Waals surface area contributed by atoms with Crippen LogP contribution < -0.4 is 25.0 Å². The molecule has 0 saturated heterocycles. The highest BCUT2D eigenvalue weighted by molar-refractivity contribution is 7.98. The second kappa shape index (κ2) is 10.0. The zero-order valence-electron chi connectivity index (χ0n) is 17.3. The molecule has 4 rings (SSSR count). The van der Waals surface area contributed by atoms with Crippen molar-refractivity contribution in [3.8, 4) is 17.2 Å². The summed E-state index contributed by atoms with van der Waals surface area (Å²) in [4.78, 5) is 26.1. The molecule has 0 radical (unpaired) electrons. The predicted molar refractivity (Wildman–Crippen MR) is 124 cm³/mol. The van der Waals surface area contributed by atoms with Crippen molar-refractivity contribution in [2.75, 3.05) is 25.6 Å². The number of benzene rings is 2. The largest absolute Gasteiger partial charge is 0.491 e. The second-order valence-corrected chi connectivity index (χ2v) is 8.46. The number of amides is 1. The number of methoxy groups -OCH3 is 1. The molecule has 7 nitrogen and oxygen atoms in total. The first-order valence-corrected chi connectivity index (χ1v) is 11.2. The van der Waals surface area contributed by atoms with E-state index in [0.29, 0.717) is 46.9 Å². The Morgan fingerprint density at radius 2 is 1.88 bits per heavy atom. The van der Waals surface area contributed by atoms with E-state index in [-0.39, 0.29) is 23.6 Å². The van der Waals surface area contributed by atoms with Gasteiger partial charge in [-0.1, -0.05) is 11.6 Å². The Kier molecular flexibility index (Phi) is 6.92.